The molecule has 0 unspecified atom stereocenters. The van der Waals surface area contributed by atoms with Crippen molar-refractivity contribution < 1.29 is 24.5 Å². The van der Waals surface area contributed by atoms with Crippen molar-refractivity contribution in [2.24, 2.45) is 0 Å². The van der Waals surface area contributed by atoms with Gasteiger partial charge in [-0.25, -0.2) is 4.79 Å². The molecule has 0 spiro atoms. The molecule has 5 nitrogen and oxygen atoms in total. The molecule has 1 aromatic carbocycles. The summed E-state index contributed by atoms with van der Waals surface area (Å²) in [6.45, 7) is 1.48. The lowest BCUT2D eigenvalue weighted by atomic mass is 10.1. The molecule has 0 aromatic heterocycles. The van der Waals surface area contributed by atoms with Gasteiger partial charge in [-0.1, -0.05) is 0 Å². The molecule has 0 saturated carbocycles. The van der Waals surface area contributed by atoms with Gasteiger partial charge in [-0.2, -0.15) is 0 Å². The highest BCUT2D eigenvalue weighted by atomic mass is 16.5. The van der Waals surface area contributed by atoms with Crippen LogP contribution in [-0.4, -0.2) is 30.4 Å². The summed E-state index contributed by atoms with van der Waals surface area (Å²) in [5.41, 5.74) is 0.117. The second-order valence-electron chi connectivity index (χ2n) is 2.94. The molecule has 1 rings (SSSR count). The summed E-state index contributed by atoms with van der Waals surface area (Å²) >= 11 is 0. The quantitative estimate of drug-likeness (QED) is 0.720. The number of phenolic OH excluding ortho intramolecular Hbond substituents is 2. The number of methoxy groups -OCH3 is 2. The zero-order valence-corrected chi connectivity index (χ0v) is 8.70. The van der Waals surface area contributed by atoms with Gasteiger partial charge in [0.25, 0.3) is 0 Å². The van der Waals surface area contributed by atoms with Crippen LogP contribution < -0.4 is 4.74 Å². The topological polar surface area (TPSA) is 76.0 Å². The Morgan fingerprint density at radius 3 is 2.40 bits per heavy atom. The van der Waals surface area contributed by atoms with E-state index >= 15 is 0 Å². The molecule has 15 heavy (non-hydrogen) atoms. The van der Waals surface area contributed by atoms with E-state index in [9.17, 15) is 15.0 Å². The number of hydrogen-bond donors (Lipinski definition) is 2. The van der Waals surface area contributed by atoms with Crippen LogP contribution in [0.15, 0.2) is 6.07 Å². The maximum atomic E-state index is 11.3. The van der Waals surface area contributed by atoms with E-state index in [0.29, 0.717) is 0 Å². The van der Waals surface area contributed by atoms with E-state index in [4.69, 9.17) is 4.74 Å². The average molecular weight is 212 g/mol. The molecule has 0 saturated heterocycles. The van der Waals surface area contributed by atoms with Gasteiger partial charge in [0.1, 0.15) is 22.8 Å². The van der Waals surface area contributed by atoms with Gasteiger partial charge < -0.3 is 19.7 Å². The molecular weight excluding hydrogens is 200 g/mol. The molecule has 0 amide bonds. The average Bonchev–Trinajstić information content (AvgIpc) is 2.24. The fourth-order valence-electron chi connectivity index (χ4n) is 1.19. The number of benzene rings is 1. The Bertz CT molecular complexity index is 397. The maximum Gasteiger partial charge on any atom is 0.345 e. The SMILES string of the molecule is COC(=O)c1c(OC)cc(O)c(C)c1O. The van der Waals surface area contributed by atoms with Crippen LogP contribution in [0, 0.1) is 6.92 Å². The first-order chi connectivity index (χ1) is 7.02. The van der Waals surface area contributed by atoms with Gasteiger partial charge in [0.05, 0.1) is 14.2 Å². The second-order valence-corrected chi connectivity index (χ2v) is 2.94. The summed E-state index contributed by atoms with van der Waals surface area (Å²) in [5, 5.41) is 19.0. The third-order valence-corrected chi connectivity index (χ3v) is 2.10. The van der Waals surface area contributed by atoms with Gasteiger partial charge in [-0.3, -0.25) is 0 Å². The molecule has 82 valence electrons. The van der Waals surface area contributed by atoms with Crippen LogP contribution in [0.25, 0.3) is 0 Å². The van der Waals surface area contributed by atoms with Crippen LogP contribution in [0.1, 0.15) is 15.9 Å². The predicted molar refractivity (Wildman–Crippen MR) is 52.4 cm³/mol. The molecule has 2 N–H and O–H groups in total. The van der Waals surface area contributed by atoms with E-state index in [-0.39, 0.29) is 28.4 Å². The van der Waals surface area contributed by atoms with Crippen molar-refractivity contribution in [1.82, 2.24) is 0 Å². The van der Waals surface area contributed by atoms with Crippen LogP contribution in [0.3, 0.4) is 0 Å². The smallest absolute Gasteiger partial charge is 0.345 e. The van der Waals surface area contributed by atoms with Crippen molar-refractivity contribution in [3.8, 4) is 17.2 Å². The van der Waals surface area contributed by atoms with Crippen LogP contribution >= 0.6 is 0 Å². The largest absolute Gasteiger partial charge is 0.507 e. The normalized spacial score (nSPS) is 9.80. The minimum Gasteiger partial charge on any atom is -0.507 e. The molecule has 0 aliphatic rings. The first-order valence-corrected chi connectivity index (χ1v) is 4.20. The number of esters is 1. The van der Waals surface area contributed by atoms with Crippen molar-refractivity contribution in [3.63, 3.8) is 0 Å². The number of aromatic hydroxyl groups is 2. The lowest BCUT2D eigenvalue weighted by Gasteiger charge is -2.11. The number of phenols is 2. The van der Waals surface area contributed by atoms with Crippen LogP contribution in [0.4, 0.5) is 0 Å². The Morgan fingerprint density at radius 1 is 1.33 bits per heavy atom. The monoisotopic (exact) mass is 212 g/mol. The lowest BCUT2D eigenvalue weighted by Crippen LogP contribution is -2.05. The zero-order valence-electron chi connectivity index (χ0n) is 8.70. The van der Waals surface area contributed by atoms with E-state index in [0.717, 1.165) is 0 Å². The van der Waals surface area contributed by atoms with Crippen molar-refractivity contribution in [3.05, 3.63) is 17.2 Å². The van der Waals surface area contributed by atoms with Gasteiger partial charge >= 0.3 is 5.97 Å². The Morgan fingerprint density at radius 2 is 1.93 bits per heavy atom. The summed E-state index contributed by atoms with van der Waals surface area (Å²) in [5.74, 6) is -1.12. The Kier molecular flexibility index (Phi) is 3.04. The van der Waals surface area contributed by atoms with E-state index in [1.54, 1.807) is 0 Å². The van der Waals surface area contributed by atoms with E-state index < -0.39 is 5.97 Å². The first-order valence-electron chi connectivity index (χ1n) is 4.20. The van der Waals surface area contributed by atoms with Crippen molar-refractivity contribution in [1.29, 1.82) is 0 Å². The van der Waals surface area contributed by atoms with Crippen LogP contribution in [-0.2, 0) is 4.74 Å². The van der Waals surface area contributed by atoms with Crippen LogP contribution in [0.5, 0.6) is 17.2 Å². The summed E-state index contributed by atoms with van der Waals surface area (Å²) in [7, 11) is 2.53. The molecule has 0 aliphatic heterocycles. The molecule has 1 aromatic rings. The van der Waals surface area contributed by atoms with Gasteiger partial charge in [0, 0.05) is 11.6 Å². The Balaban J connectivity index is 3.47. The van der Waals surface area contributed by atoms with E-state index in [1.807, 2.05) is 0 Å². The van der Waals surface area contributed by atoms with Gasteiger partial charge in [0.2, 0.25) is 0 Å². The highest BCUT2D eigenvalue weighted by Crippen LogP contribution is 2.37. The molecular formula is C10H12O5. The lowest BCUT2D eigenvalue weighted by molar-refractivity contribution is 0.0593. The molecule has 0 heterocycles. The fraction of sp³-hybridized carbons (Fsp3) is 0.300. The maximum absolute atomic E-state index is 11.3. The van der Waals surface area contributed by atoms with E-state index in [1.165, 1.54) is 27.2 Å². The molecule has 0 aliphatic carbocycles. The molecule has 0 atom stereocenters. The van der Waals surface area contributed by atoms with E-state index in [2.05, 4.69) is 4.74 Å². The minimum absolute atomic E-state index is 0.0717. The van der Waals surface area contributed by atoms with Gasteiger partial charge in [-0.15, -0.1) is 0 Å². The summed E-state index contributed by atoms with van der Waals surface area (Å²) in [6, 6.07) is 1.25. The number of hydrogen-bond acceptors (Lipinski definition) is 5. The fourth-order valence-corrected chi connectivity index (χ4v) is 1.19. The summed E-state index contributed by atoms with van der Waals surface area (Å²) < 4.78 is 9.36. The Hall–Kier alpha value is -1.91. The Labute approximate surface area is 86.9 Å². The molecule has 0 radical (unpaired) electrons. The van der Waals surface area contributed by atoms with Crippen LogP contribution in [0.2, 0.25) is 0 Å². The summed E-state index contributed by atoms with van der Waals surface area (Å²) in [4.78, 5) is 11.3. The van der Waals surface area contributed by atoms with Gasteiger partial charge in [-0.05, 0) is 6.92 Å². The third-order valence-electron chi connectivity index (χ3n) is 2.10. The zero-order chi connectivity index (χ0) is 11.6. The first kappa shape index (κ1) is 11.2. The predicted octanol–water partition coefficient (Wildman–Crippen LogP) is 1.20. The standard InChI is InChI=1S/C10H12O5/c1-5-6(11)4-7(14-2)8(9(5)12)10(13)15-3/h4,11-12H,1-3H3. The third kappa shape index (κ3) is 1.81. The second kappa shape index (κ2) is 4.08. The molecule has 0 bridgehead atoms. The van der Waals surface area contributed by atoms with Crippen molar-refractivity contribution in [2.75, 3.05) is 14.2 Å². The minimum atomic E-state index is -0.715. The number of rotatable bonds is 2. The van der Waals surface area contributed by atoms with Gasteiger partial charge in [0.15, 0.2) is 0 Å². The number of ether oxygens (including phenoxy) is 2. The number of carbonyl (C=O) groups excluding carboxylic acids is 1. The van der Waals surface area contributed by atoms with Crippen molar-refractivity contribution in [2.45, 2.75) is 6.92 Å². The highest BCUT2D eigenvalue weighted by Gasteiger charge is 2.22. The molecule has 5 heteroatoms. The highest BCUT2D eigenvalue weighted by molar-refractivity contribution is 5.96. The molecule has 0 fully saturated rings. The summed E-state index contributed by atoms with van der Waals surface area (Å²) in [6.07, 6.45) is 0. The number of carbonyl (C=O) groups is 1. The van der Waals surface area contributed by atoms with Crippen molar-refractivity contribution >= 4 is 5.97 Å².